The predicted octanol–water partition coefficient (Wildman–Crippen LogP) is 3.02. The number of carbonyl (C=O) groups is 4. The van der Waals surface area contributed by atoms with Crippen LogP contribution in [-0.2, 0) is 35.0 Å². The van der Waals surface area contributed by atoms with E-state index >= 15 is 0 Å². The second-order valence-corrected chi connectivity index (χ2v) is 7.40. The number of esters is 2. The van der Waals surface area contributed by atoms with Crippen molar-refractivity contribution in [2.24, 2.45) is 5.92 Å². The Labute approximate surface area is 199 Å². The third-order valence-electron chi connectivity index (χ3n) is 4.18. The fourth-order valence-electron chi connectivity index (χ4n) is 2.72. The molecule has 0 aromatic heterocycles. The number of nitrogens with one attached hydrogen (secondary N) is 1. The van der Waals surface area contributed by atoms with Gasteiger partial charge in [0, 0.05) is 13.0 Å². The molecule has 1 aromatic carbocycles. The summed E-state index contributed by atoms with van der Waals surface area (Å²) in [6.07, 6.45) is -1.50. The van der Waals surface area contributed by atoms with Crippen molar-refractivity contribution < 1.29 is 47.6 Å². The molecule has 1 atom stereocenters. The highest BCUT2D eigenvalue weighted by atomic mass is 16.7. The third kappa shape index (κ3) is 11.0. The van der Waals surface area contributed by atoms with Crippen LogP contribution in [0.4, 0.5) is 9.59 Å². The van der Waals surface area contributed by atoms with E-state index in [1.165, 1.54) is 19.2 Å². The molecule has 34 heavy (non-hydrogen) atoms. The Morgan fingerprint density at radius 1 is 0.912 bits per heavy atom. The van der Waals surface area contributed by atoms with Crippen molar-refractivity contribution in [3.8, 4) is 11.5 Å². The molecule has 190 valence electrons. The Morgan fingerprint density at radius 2 is 1.53 bits per heavy atom. The van der Waals surface area contributed by atoms with Gasteiger partial charge in [-0.2, -0.15) is 0 Å². The average molecular weight is 484 g/mol. The second-order valence-electron chi connectivity index (χ2n) is 7.40. The van der Waals surface area contributed by atoms with Crippen LogP contribution < -0.4 is 14.8 Å². The lowest BCUT2D eigenvalue weighted by molar-refractivity contribution is -0.144. The van der Waals surface area contributed by atoms with Gasteiger partial charge >= 0.3 is 24.2 Å². The van der Waals surface area contributed by atoms with Crippen LogP contribution in [0.15, 0.2) is 18.2 Å². The van der Waals surface area contributed by atoms with E-state index in [0.29, 0.717) is 12.0 Å². The van der Waals surface area contributed by atoms with Crippen molar-refractivity contribution in [1.82, 2.24) is 5.32 Å². The van der Waals surface area contributed by atoms with E-state index < -0.39 is 24.3 Å². The minimum absolute atomic E-state index is 0.0603. The molecule has 0 aliphatic carbocycles. The first-order valence-corrected chi connectivity index (χ1v) is 11.0. The minimum atomic E-state index is -0.987. The minimum Gasteiger partial charge on any atom is -0.468 e. The quantitative estimate of drug-likeness (QED) is 0.192. The maximum Gasteiger partial charge on any atom is 0.513 e. The molecule has 0 aliphatic rings. The SMILES string of the molecule is CCOC(=O)Oc1ccc(C[C@H](NCCOC(=O)CC(C)C)C(=O)OC)cc1OC(=O)OCC. The number of carbonyl (C=O) groups excluding carboxylic acids is 4. The standard InChI is InChI=1S/C23H33NO10/c1-6-30-22(27)33-18-9-8-16(14-19(18)34-23(28)31-7-2)13-17(21(26)29-5)24-10-11-32-20(25)12-15(3)4/h8-9,14-15,17,24H,6-7,10-13H2,1-5H3/t17-/m0/s1. The van der Waals surface area contributed by atoms with Gasteiger partial charge in [0.25, 0.3) is 0 Å². The molecule has 11 nitrogen and oxygen atoms in total. The molecule has 0 saturated heterocycles. The van der Waals surface area contributed by atoms with Gasteiger partial charge in [-0.05, 0) is 43.9 Å². The Morgan fingerprint density at radius 3 is 2.09 bits per heavy atom. The van der Waals surface area contributed by atoms with Crippen LogP contribution in [0.1, 0.15) is 39.7 Å². The van der Waals surface area contributed by atoms with Gasteiger partial charge in [-0.3, -0.25) is 9.59 Å². The summed E-state index contributed by atoms with van der Waals surface area (Å²) in [6.45, 7) is 7.55. The molecule has 11 heteroatoms. The van der Waals surface area contributed by atoms with E-state index in [1.54, 1.807) is 19.9 Å². The largest absolute Gasteiger partial charge is 0.513 e. The van der Waals surface area contributed by atoms with Crippen LogP contribution in [0.2, 0.25) is 0 Å². The summed E-state index contributed by atoms with van der Waals surface area (Å²) < 4.78 is 29.7. The van der Waals surface area contributed by atoms with E-state index in [9.17, 15) is 19.2 Å². The molecule has 0 heterocycles. The van der Waals surface area contributed by atoms with Crippen LogP contribution >= 0.6 is 0 Å². The zero-order chi connectivity index (χ0) is 25.5. The summed E-state index contributed by atoms with van der Waals surface area (Å²) in [5.41, 5.74) is 0.565. The molecule has 0 bridgehead atoms. The topological polar surface area (TPSA) is 136 Å². The molecule has 0 spiro atoms. The fourth-order valence-corrected chi connectivity index (χ4v) is 2.72. The van der Waals surface area contributed by atoms with Crippen molar-refractivity contribution in [1.29, 1.82) is 0 Å². The van der Waals surface area contributed by atoms with Gasteiger partial charge < -0.3 is 33.7 Å². The number of hydrogen-bond donors (Lipinski definition) is 1. The highest BCUT2D eigenvalue weighted by Crippen LogP contribution is 2.30. The number of methoxy groups -OCH3 is 1. The average Bonchev–Trinajstić information content (AvgIpc) is 2.76. The van der Waals surface area contributed by atoms with E-state index in [2.05, 4.69) is 5.32 Å². The lowest BCUT2D eigenvalue weighted by atomic mass is 10.1. The summed E-state index contributed by atoms with van der Waals surface area (Å²) >= 11 is 0. The molecular weight excluding hydrogens is 450 g/mol. The molecule has 0 unspecified atom stereocenters. The first-order chi connectivity index (χ1) is 16.2. The monoisotopic (exact) mass is 483 g/mol. The molecule has 1 rings (SSSR count). The van der Waals surface area contributed by atoms with Crippen molar-refractivity contribution in [2.75, 3.05) is 33.5 Å². The maximum absolute atomic E-state index is 12.2. The number of benzene rings is 1. The van der Waals surface area contributed by atoms with Crippen LogP contribution in [-0.4, -0.2) is 63.8 Å². The lowest BCUT2D eigenvalue weighted by Gasteiger charge is -2.18. The van der Waals surface area contributed by atoms with Gasteiger partial charge in [0.2, 0.25) is 0 Å². The molecule has 0 amide bonds. The predicted molar refractivity (Wildman–Crippen MR) is 120 cm³/mol. The summed E-state index contributed by atoms with van der Waals surface area (Å²) in [6, 6.07) is 3.66. The zero-order valence-electron chi connectivity index (χ0n) is 20.2. The Kier molecular flexibility index (Phi) is 13.1. The summed E-state index contributed by atoms with van der Waals surface area (Å²) in [5.74, 6) is -0.812. The van der Waals surface area contributed by atoms with Crippen LogP contribution in [0.25, 0.3) is 0 Å². The van der Waals surface area contributed by atoms with Crippen LogP contribution in [0.3, 0.4) is 0 Å². The van der Waals surface area contributed by atoms with Crippen molar-refractivity contribution in [2.45, 2.75) is 46.6 Å². The Bertz CT molecular complexity index is 824. The highest BCUT2D eigenvalue weighted by molar-refractivity contribution is 5.76. The molecule has 0 radical (unpaired) electrons. The van der Waals surface area contributed by atoms with Crippen LogP contribution in [0.5, 0.6) is 11.5 Å². The molecule has 0 saturated carbocycles. The summed E-state index contributed by atoms with van der Waals surface area (Å²) in [4.78, 5) is 47.4. The first-order valence-electron chi connectivity index (χ1n) is 11.0. The van der Waals surface area contributed by atoms with Crippen LogP contribution in [0, 0.1) is 5.92 Å². The van der Waals surface area contributed by atoms with Crippen molar-refractivity contribution in [3.63, 3.8) is 0 Å². The van der Waals surface area contributed by atoms with Gasteiger partial charge in [-0.1, -0.05) is 19.9 Å². The molecule has 1 N–H and O–H groups in total. The molecule has 0 fully saturated rings. The Balaban J connectivity index is 2.92. The van der Waals surface area contributed by atoms with Gasteiger partial charge in [0.05, 0.1) is 20.3 Å². The van der Waals surface area contributed by atoms with E-state index in [1.807, 2.05) is 13.8 Å². The van der Waals surface area contributed by atoms with Gasteiger partial charge in [-0.15, -0.1) is 0 Å². The number of rotatable bonds is 13. The van der Waals surface area contributed by atoms with E-state index in [-0.39, 0.29) is 56.2 Å². The van der Waals surface area contributed by atoms with Crippen molar-refractivity contribution in [3.05, 3.63) is 23.8 Å². The van der Waals surface area contributed by atoms with Gasteiger partial charge in [0.1, 0.15) is 12.6 Å². The second kappa shape index (κ2) is 15.5. The normalized spacial score (nSPS) is 11.4. The third-order valence-corrected chi connectivity index (χ3v) is 4.18. The fraction of sp³-hybridized carbons (Fsp3) is 0.565. The maximum atomic E-state index is 12.2. The van der Waals surface area contributed by atoms with Gasteiger partial charge in [0.15, 0.2) is 11.5 Å². The zero-order valence-corrected chi connectivity index (χ0v) is 20.2. The number of ether oxygens (including phenoxy) is 6. The number of hydrogen-bond acceptors (Lipinski definition) is 11. The molecular formula is C23H33NO10. The van der Waals surface area contributed by atoms with E-state index in [4.69, 9.17) is 28.4 Å². The molecule has 0 aliphatic heterocycles. The first kappa shape index (κ1) is 28.7. The summed E-state index contributed by atoms with van der Waals surface area (Å²) in [7, 11) is 1.26. The van der Waals surface area contributed by atoms with E-state index in [0.717, 1.165) is 0 Å². The highest BCUT2D eigenvalue weighted by Gasteiger charge is 2.22. The lowest BCUT2D eigenvalue weighted by Crippen LogP contribution is -2.41. The van der Waals surface area contributed by atoms with Gasteiger partial charge in [-0.25, -0.2) is 9.59 Å². The molecule has 1 aromatic rings. The van der Waals surface area contributed by atoms with Crippen molar-refractivity contribution >= 4 is 24.2 Å². The summed E-state index contributed by atoms with van der Waals surface area (Å²) in [5, 5.41) is 2.98. The smallest absolute Gasteiger partial charge is 0.468 e. The Hall–Kier alpha value is -3.34.